The maximum atomic E-state index is 11.5. The summed E-state index contributed by atoms with van der Waals surface area (Å²) in [6, 6.07) is 0. The fraction of sp³-hybridized carbons (Fsp3) is 0.714. The zero-order chi connectivity index (χ0) is 14.7. The zero-order valence-corrected chi connectivity index (χ0v) is 11.8. The molecule has 0 aromatic carbocycles. The van der Waals surface area contributed by atoms with Gasteiger partial charge in [0.15, 0.2) is 11.6 Å². The van der Waals surface area contributed by atoms with Gasteiger partial charge < -0.3 is 9.80 Å². The molecule has 0 radical (unpaired) electrons. The summed E-state index contributed by atoms with van der Waals surface area (Å²) in [5.41, 5.74) is 0. The number of ketones is 2. The van der Waals surface area contributed by atoms with Gasteiger partial charge in [0.1, 0.15) is 0 Å². The molecule has 20 heavy (non-hydrogen) atoms. The molecular formula is C14H20N2O4. The number of hydrogen-bond donors (Lipinski definition) is 0. The van der Waals surface area contributed by atoms with Crippen LogP contribution in [0.3, 0.4) is 0 Å². The van der Waals surface area contributed by atoms with Crippen molar-refractivity contribution < 1.29 is 19.2 Å². The molecule has 2 amide bonds. The minimum atomic E-state index is -0.0810. The summed E-state index contributed by atoms with van der Waals surface area (Å²) in [6.45, 7) is 3.73. The largest absolute Gasteiger partial charge is 0.335 e. The van der Waals surface area contributed by atoms with Crippen LogP contribution >= 0.6 is 0 Å². The first-order valence-electron chi connectivity index (χ1n) is 7.04. The number of likely N-dealkylation sites (tertiary alicyclic amines) is 2. The number of rotatable bonds is 6. The predicted octanol–water partition coefficient (Wildman–Crippen LogP) is 0.00550. The van der Waals surface area contributed by atoms with Crippen molar-refractivity contribution in [1.29, 1.82) is 0 Å². The van der Waals surface area contributed by atoms with Gasteiger partial charge in [-0.1, -0.05) is 6.92 Å². The fourth-order valence-electron chi connectivity index (χ4n) is 2.58. The summed E-state index contributed by atoms with van der Waals surface area (Å²) in [5.74, 6) is 0.166. The topological polar surface area (TPSA) is 74.8 Å². The third-order valence-corrected chi connectivity index (χ3v) is 3.92. The smallest absolute Gasteiger partial charge is 0.230 e. The highest BCUT2D eigenvalue weighted by molar-refractivity contribution is 6.05. The Morgan fingerprint density at radius 2 is 1.25 bits per heavy atom. The lowest BCUT2D eigenvalue weighted by molar-refractivity contribution is -0.128. The van der Waals surface area contributed by atoms with Gasteiger partial charge in [-0.2, -0.15) is 0 Å². The van der Waals surface area contributed by atoms with E-state index < -0.39 is 0 Å². The minimum absolute atomic E-state index is 0.0103. The van der Waals surface area contributed by atoms with Crippen molar-refractivity contribution >= 4 is 23.4 Å². The molecule has 0 saturated carbocycles. The van der Waals surface area contributed by atoms with Crippen molar-refractivity contribution in [3.63, 3.8) is 0 Å². The molecular weight excluding hydrogens is 260 g/mol. The molecule has 6 nitrogen and oxygen atoms in total. The van der Waals surface area contributed by atoms with Gasteiger partial charge in [0.25, 0.3) is 0 Å². The summed E-state index contributed by atoms with van der Waals surface area (Å²) in [5, 5.41) is 0. The summed E-state index contributed by atoms with van der Waals surface area (Å²) < 4.78 is 0. The van der Waals surface area contributed by atoms with Crippen molar-refractivity contribution in [3.8, 4) is 0 Å². The second-order valence-electron chi connectivity index (χ2n) is 5.74. The van der Waals surface area contributed by atoms with Crippen LogP contribution in [0.5, 0.6) is 0 Å². The molecule has 0 atom stereocenters. The third kappa shape index (κ3) is 3.65. The van der Waals surface area contributed by atoms with Crippen LogP contribution in [0.2, 0.25) is 0 Å². The lowest BCUT2D eigenvalue weighted by atomic mass is 10.0. The van der Waals surface area contributed by atoms with Crippen molar-refractivity contribution in [1.82, 2.24) is 9.80 Å². The molecule has 2 heterocycles. The molecule has 0 bridgehead atoms. The highest BCUT2D eigenvalue weighted by atomic mass is 16.2. The minimum Gasteiger partial charge on any atom is -0.335 e. The van der Waals surface area contributed by atoms with Gasteiger partial charge in [0.05, 0.1) is 25.9 Å². The highest BCUT2D eigenvalue weighted by Crippen LogP contribution is 2.15. The van der Waals surface area contributed by atoms with Crippen LogP contribution in [0.15, 0.2) is 0 Å². The maximum Gasteiger partial charge on any atom is 0.230 e. The van der Waals surface area contributed by atoms with Crippen LogP contribution in [0.1, 0.15) is 32.6 Å². The Morgan fingerprint density at radius 1 is 0.850 bits per heavy atom. The Hall–Kier alpha value is -1.72. The average Bonchev–Trinajstić information content (AvgIpc) is 2.86. The van der Waals surface area contributed by atoms with Gasteiger partial charge in [-0.25, -0.2) is 0 Å². The summed E-state index contributed by atoms with van der Waals surface area (Å²) in [7, 11) is 0. The molecule has 110 valence electrons. The Labute approximate surface area is 118 Å². The average molecular weight is 280 g/mol. The van der Waals surface area contributed by atoms with Crippen molar-refractivity contribution in [2.24, 2.45) is 5.92 Å². The summed E-state index contributed by atoms with van der Waals surface area (Å²) >= 11 is 0. The van der Waals surface area contributed by atoms with Crippen LogP contribution in [0.25, 0.3) is 0 Å². The molecule has 2 aliphatic rings. The Kier molecular flexibility index (Phi) is 4.52. The first-order valence-corrected chi connectivity index (χ1v) is 7.04. The SMILES string of the molecule is CC(CCN1CC(=O)CC1=O)CCN1CC(=O)CC1=O. The van der Waals surface area contributed by atoms with Crippen LogP contribution in [-0.2, 0) is 19.2 Å². The number of amides is 2. The van der Waals surface area contributed by atoms with E-state index in [1.165, 1.54) is 0 Å². The van der Waals surface area contributed by atoms with Crippen LogP contribution < -0.4 is 0 Å². The van der Waals surface area contributed by atoms with E-state index >= 15 is 0 Å². The first kappa shape index (κ1) is 14.7. The van der Waals surface area contributed by atoms with E-state index in [9.17, 15) is 19.2 Å². The molecule has 6 heteroatoms. The van der Waals surface area contributed by atoms with Crippen LogP contribution in [0, 0.1) is 5.92 Å². The van der Waals surface area contributed by atoms with E-state index in [1.54, 1.807) is 9.80 Å². The third-order valence-electron chi connectivity index (χ3n) is 3.92. The molecule has 0 aliphatic carbocycles. The molecule has 0 aromatic heterocycles. The number of carbonyl (C=O) groups excluding carboxylic acids is 4. The van der Waals surface area contributed by atoms with Crippen LogP contribution in [0.4, 0.5) is 0 Å². The van der Waals surface area contributed by atoms with E-state index in [2.05, 4.69) is 6.92 Å². The first-order chi connectivity index (χ1) is 9.45. The van der Waals surface area contributed by atoms with E-state index in [1.807, 2.05) is 0 Å². The Balaban J connectivity index is 1.67. The molecule has 0 N–H and O–H groups in total. The van der Waals surface area contributed by atoms with Gasteiger partial charge in [-0.05, 0) is 18.8 Å². The van der Waals surface area contributed by atoms with E-state index in [-0.39, 0.29) is 49.3 Å². The molecule has 2 saturated heterocycles. The number of Topliss-reactive ketones (excluding diaryl/α,β-unsaturated/α-hetero) is 2. The van der Waals surface area contributed by atoms with Gasteiger partial charge in [-0.15, -0.1) is 0 Å². The summed E-state index contributed by atoms with van der Waals surface area (Å²) in [4.78, 5) is 48.4. The van der Waals surface area contributed by atoms with Gasteiger partial charge in [0, 0.05) is 13.1 Å². The fourth-order valence-corrected chi connectivity index (χ4v) is 2.58. The Morgan fingerprint density at radius 3 is 1.55 bits per heavy atom. The number of nitrogens with zero attached hydrogens (tertiary/aromatic N) is 2. The van der Waals surface area contributed by atoms with Gasteiger partial charge in [-0.3, -0.25) is 19.2 Å². The van der Waals surface area contributed by atoms with E-state index in [0.29, 0.717) is 19.0 Å². The highest BCUT2D eigenvalue weighted by Gasteiger charge is 2.28. The van der Waals surface area contributed by atoms with E-state index in [0.717, 1.165) is 12.8 Å². The van der Waals surface area contributed by atoms with Gasteiger partial charge >= 0.3 is 0 Å². The monoisotopic (exact) mass is 280 g/mol. The number of hydrogen-bond acceptors (Lipinski definition) is 4. The van der Waals surface area contributed by atoms with Crippen molar-refractivity contribution in [3.05, 3.63) is 0 Å². The molecule has 0 unspecified atom stereocenters. The molecule has 0 aromatic rings. The lowest BCUT2D eigenvalue weighted by Crippen LogP contribution is -2.30. The van der Waals surface area contributed by atoms with Crippen molar-refractivity contribution in [2.45, 2.75) is 32.6 Å². The normalized spacial score (nSPS) is 19.9. The molecule has 2 fully saturated rings. The second-order valence-corrected chi connectivity index (χ2v) is 5.74. The van der Waals surface area contributed by atoms with E-state index in [4.69, 9.17) is 0 Å². The predicted molar refractivity (Wildman–Crippen MR) is 70.8 cm³/mol. The van der Waals surface area contributed by atoms with Crippen molar-refractivity contribution in [2.75, 3.05) is 26.2 Å². The summed E-state index contributed by atoms with van der Waals surface area (Å²) in [6.07, 6.45) is 1.71. The maximum absolute atomic E-state index is 11.5. The molecule has 2 aliphatic heterocycles. The lowest BCUT2D eigenvalue weighted by Gasteiger charge is -2.20. The Bertz CT molecular complexity index is 406. The number of carbonyl (C=O) groups is 4. The van der Waals surface area contributed by atoms with Crippen LogP contribution in [-0.4, -0.2) is 59.4 Å². The standard InChI is InChI=1S/C14H20N2O4/c1-10(2-4-15-8-11(17)6-13(15)19)3-5-16-9-12(18)7-14(16)20/h10H,2-9H2,1H3. The zero-order valence-electron chi connectivity index (χ0n) is 11.8. The van der Waals surface area contributed by atoms with Gasteiger partial charge in [0.2, 0.25) is 11.8 Å². The molecule has 0 spiro atoms. The quantitative estimate of drug-likeness (QED) is 0.642. The molecule has 2 rings (SSSR count). The second kappa shape index (κ2) is 6.15.